The summed E-state index contributed by atoms with van der Waals surface area (Å²) in [4.78, 5) is 22.1. The minimum atomic E-state index is -0.155. The van der Waals surface area contributed by atoms with E-state index < -0.39 is 0 Å². The molecule has 0 saturated heterocycles. The van der Waals surface area contributed by atoms with E-state index in [1.807, 2.05) is 54.6 Å². The van der Waals surface area contributed by atoms with E-state index in [4.69, 9.17) is 16.6 Å². The fraction of sp³-hybridized carbons (Fsp3) is 0. The molecule has 0 saturated carbocycles. The second kappa shape index (κ2) is 7.62. The zero-order valence-corrected chi connectivity index (χ0v) is 16.9. The Bertz CT molecular complexity index is 1220. The molecule has 4 nitrogen and oxygen atoms in total. The van der Waals surface area contributed by atoms with Gasteiger partial charge in [-0.05, 0) is 76.7 Å². The van der Waals surface area contributed by atoms with Crippen molar-refractivity contribution in [1.29, 1.82) is 0 Å². The summed E-state index contributed by atoms with van der Waals surface area (Å²) >= 11 is 8.57. The summed E-state index contributed by atoms with van der Waals surface area (Å²) < 4.78 is 2.52. The predicted octanol–water partition coefficient (Wildman–Crippen LogP) is 5.21. The molecule has 0 bridgehead atoms. The van der Waals surface area contributed by atoms with Gasteiger partial charge in [0.1, 0.15) is 5.82 Å². The van der Waals surface area contributed by atoms with Gasteiger partial charge in [0, 0.05) is 16.0 Å². The quantitative estimate of drug-likeness (QED) is 0.374. The topological polar surface area (TPSA) is 47.8 Å². The summed E-state index contributed by atoms with van der Waals surface area (Å²) in [7, 11) is 0. The van der Waals surface area contributed by atoms with E-state index in [0.29, 0.717) is 27.4 Å². The third kappa shape index (κ3) is 3.65. The maximum Gasteiger partial charge on any atom is 0.266 e. The number of rotatable bonds is 3. The Hall–Kier alpha value is -2.51. The van der Waals surface area contributed by atoms with E-state index in [2.05, 4.69) is 27.6 Å². The van der Waals surface area contributed by atoms with Crippen molar-refractivity contribution in [3.8, 4) is 5.69 Å². The lowest BCUT2D eigenvalue weighted by Crippen LogP contribution is -2.22. The number of para-hydroxylation sites is 1. The lowest BCUT2D eigenvalue weighted by atomic mass is 10.2. The first kappa shape index (κ1) is 17.9. The highest BCUT2D eigenvalue weighted by molar-refractivity contribution is 14.1. The second-order valence-corrected chi connectivity index (χ2v) is 7.50. The van der Waals surface area contributed by atoms with Gasteiger partial charge in [-0.25, -0.2) is 4.98 Å². The van der Waals surface area contributed by atoms with Gasteiger partial charge in [-0.15, -0.1) is 0 Å². The van der Waals surface area contributed by atoms with Crippen LogP contribution >= 0.6 is 34.2 Å². The first-order chi connectivity index (χ1) is 13.1. The van der Waals surface area contributed by atoms with Crippen LogP contribution in [0.2, 0.25) is 5.02 Å². The van der Waals surface area contributed by atoms with Crippen molar-refractivity contribution in [2.75, 3.05) is 0 Å². The number of hydrogen-bond acceptors (Lipinski definition) is 3. The van der Waals surface area contributed by atoms with Crippen LogP contribution in [0.15, 0.2) is 71.8 Å². The molecule has 4 aromatic rings. The summed E-state index contributed by atoms with van der Waals surface area (Å²) in [5, 5.41) is 1.04. The van der Waals surface area contributed by atoms with E-state index in [1.54, 1.807) is 29.1 Å². The fourth-order valence-electron chi connectivity index (χ4n) is 2.80. The van der Waals surface area contributed by atoms with Crippen molar-refractivity contribution < 1.29 is 0 Å². The molecule has 2 aromatic carbocycles. The second-order valence-electron chi connectivity index (χ2n) is 5.84. The normalized spacial score (nSPS) is 11.3. The van der Waals surface area contributed by atoms with Crippen LogP contribution in [0, 0.1) is 3.57 Å². The van der Waals surface area contributed by atoms with Gasteiger partial charge >= 0.3 is 0 Å². The lowest BCUT2D eigenvalue weighted by molar-refractivity contribution is 0.944. The van der Waals surface area contributed by atoms with Crippen molar-refractivity contribution in [2.45, 2.75) is 0 Å². The highest BCUT2D eigenvalue weighted by atomic mass is 127. The number of nitrogens with zero attached hydrogens (tertiary/aromatic N) is 3. The first-order valence-electron chi connectivity index (χ1n) is 8.19. The van der Waals surface area contributed by atoms with Gasteiger partial charge in [-0.2, -0.15) is 0 Å². The molecule has 2 aromatic heterocycles. The minimum Gasteiger partial charge on any atom is -0.268 e. The van der Waals surface area contributed by atoms with Crippen LogP contribution in [0.5, 0.6) is 0 Å². The molecule has 0 fully saturated rings. The van der Waals surface area contributed by atoms with Crippen LogP contribution in [-0.4, -0.2) is 14.5 Å². The molecule has 2 heterocycles. The van der Waals surface area contributed by atoms with Gasteiger partial charge in [-0.3, -0.25) is 14.3 Å². The summed E-state index contributed by atoms with van der Waals surface area (Å²) in [6.45, 7) is 0. The molecule has 27 heavy (non-hydrogen) atoms. The van der Waals surface area contributed by atoms with Gasteiger partial charge in [0.15, 0.2) is 0 Å². The largest absolute Gasteiger partial charge is 0.268 e. The molecule has 6 heteroatoms. The zero-order chi connectivity index (χ0) is 18.8. The molecular weight excluding hydrogens is 473 g/mol. The van der Waals surface area contributed by atoms with Crippen LogP contribution in [0.25, 0.3) is 28.7 Å². The van der Waals surface area contributed by atoms with Crippen LogP contribution in [-0.2, 0) is 0 Å². The Labute approximate surface area is 174 Å². The van der Waals surface area contributed by atoms with Crippen molar-refractivity contribution in [3.63, 3.8) is 0 Å². The Morgan fingerprint density at radius 1 is 1.04 bits per heavy atom. The molecule has 0 N–H and O–H groups in total. The van der Waals surface area contributed by atoms with E-state index in [1.165, 1.54) is 0 Å². The van der Waals surface area contributed by atoms with Crippen LogP contribution in [0.3, 0.4) is 0 Å². The van der Waals surface area contributed by atoms with Crippen molar-refractivity contribution in [3.05, 3.63) is 97.3 Å². The minimum absolute atomic E-state index is 0.155. The first-order valence-corrected chi connectivity index (χ1v) is 9.64. The maximum atomic E-state index is 13.3. The monoisotopic (exact) mass is 485 g/mol. The molecule has 0 aliphatic heterocycles. The third-order valence-corrected chi connectivity index (χ3v) is 5.05. The van der Waals surface area contributed by atoms with E-state index in [0.717, 1.165) is 9.13 Å². The van der Waals surface area contributed by atoms with Crippen molar-refractivity contribution in [1.82, 2.24) is 14.5 Å². The van der Waals surface area contributed by atoms with Gasteiger partial charge < -0.3 is 0 Å². The third-order valence-electron chi connectivity index (χ3n) is 4.06. The van der Waals surface area contributed by atoms with Crippen LogP contribution < -0.4 is 5.56 Å². The van der Waals surface area contributed by atoms with Crippen molar-refractivity contribution >= 4 is 57.2 Å². The van der Waals surface area contributed by atoms with Gasteiger partial charge in [-0.1, -0.05) is 29.8 Å². The molecule has 0 aliphatic carbocycles. The van der Waals surface area contributed by atoms with E-state index in [-0.39, 0.29) is 5.56 Å². The number of benzene rings is 2. The average Bonchev–Trinajstić information content (AvgIpc) is 2.69. The Morgan fingerprint density at radius 3 is 2.67 bits per heavy atom. The number of fused-ring (bicyclic) bond motifs is 1. The molecule has 0 amide bonds. The summed E-state index contributed by atoms with van der Waals surface area (Å²) in [5.74, 6) is 0.505. The van der Waals surface area contributed by atoms with E-state index >= 15 is 0 Å². The SMILES string of the molecule is O=c1c2cc(I)ccc2nc(C=Cc2cccnc2)n1-c1ccccc1Cl. The molecule has 0 unspecified atom stereocenters. The highest BCUT2D eigenvalue weighted by Crippen LogP contribution is 2.22. The fourth-order valence-corrected chi connectivity index (χ4v) is 3.51. The number of halogens is 2. The average molecular weight is 486 g/mol. The molecular formula is C21H13ClIN3O. The molecule has 0 radical (unpaired) electrons. The predicted molar refractivity (Wildman–Crippen MR) is 118 cm³/mol. The smallest absolute Gasteiger partial charge is 0.266 e. The molecule has 0 atom stereocenters. The highest BCUT2D eigenvalue weighted by Gasteiger charge is 2.13. The van der Waals surface area contributed by atoms with Crippen molar-refractivity contribution in [2.24, 2.45) is 0 Å². The number of pyridine rings is 1. The lowest BCUT2D eigenvalue weighted by Gasteiger charge is -2.13. The Kier molecular flexibility index (Phi) is 5.05. The molecule has 0 spiro atoms. The van der Waals surface area contributed by atoms with Gasteiger partial charge in [0.25, 0.3) is 5.56 Å². The van der Waals surface area contributed by atoms with E-state index in [9.17, 15) is 4.79 Å². The zero-order valence-electron chi connectivity index (χ0n) is 14.0. The molecule has 132 valence electrons. The number of hydrogen-bond donors (Lipinski definition) is 0. The summed E-state index contributed by atoms with van der Waals surface area (Å²) in [5.41, 5.74) is 2.01. The number of aromatic nitrogens is 3. The Morgan fingerprint density at radius 2 is 1.89 bits per heavy atom. The van der Waals surface area contributed by atoms with Crippen LogP contribution in [0.4, 0.5) is 0 Å². The van der Waals surface area contributed by atoms with Gasteiger partial charge in [0.2, 0.25) is 0 Å². The molecule has 4 rings (SSSR count). The summed E-state index contributed by atoms with van der Waals surface area (Å²) in [6, 6.07) is 16.7. The van der Waals surface area contributed by atoms with Gasteiger partial charge in [0.05, 0.1) is 21.6 Å². The standard InChI is InChI=1S/C21H13ClIN3O/c22-17-5-1-2-6-19(17)26-20(10-7-14-4-3-11-24-13-14)25-18-9-8-15(23)12-16(18)21(26)27/h1-13H. The molecule has 0 aliphatic rings. The maximum absolute atomic E-state index is 13.3. The van der Waals surface area contributed by atoms with Crippen LogP contribution in [0.1, 0.15) is 11.4 Å². The Balaban J connectivity index is 2.00. The summed E-state index contributed by atoms with van der Waals surface area (Å²) in [6.07, 6.45) is 7.14.